The zero-order chi connectivity index (χ0) is 10.3. The number of hydrogen-bond acceptors (Lipinski definition) is 0. The summed E-state index contributed by atoms with van der Waals surface area (Å²) in [6.45, 7) is 8.65. The van der Waals surface area contributed by atoms with E-state index < -0.39 is 0 Å². The fourth-order valence-electron chi connectivity index (χ4n) is 2.12. The number of fused-ring (bicyclic) bond motifs is 1. The first kappa shape index (κ1) is 9.79. The molecule has 0 aliphatic heterocycles. The van der Waals surface area contributed by atoms with Crippen molar-refractivity contribution in [2.45, 2.75) is 32.1 Å². The summed E-state index contributed by atoms with van der Waals surface area (Å²) in [6, 6.07) is 6.13. The van der Waals surface area contributed by atoms with Gasteiger partial charge in [0.2, 0.25) is 0 Å². The van der Waals surface area contributed by atoms with Gasteiger partial charge >= 0.3 is 0 Å². The van der Waals surface area contributed by atoms with Crippen LogP contribution in [-0.4, -0.2) is 0 Å². The monoisotopic (exact) mass is 206 g/mol. The molecule has 1 aliphatic carbocycles. The van der Waals surface area contributed by atoms with Crippen LogP contribution in [0, 0.1) is 0 Å². The van der Waals surface area contributed by atoms with Gasteiger partial charge in [-0.3, -0.25) is 0 Å². The molecule has 1 heteroatoms. The first-order valence-electron chi connectivity index (χ1n) is 4.99. The Labute approximate surface area is 90.6 Å². The van der Waals surface area contributed by atoms with E-state index >= 15 is 0 Å². The predicted molar refractivity (Wildman–Crippen MR) is 62.7 cm³/mol. The van der Waals surface area contributed by atoms with Gasteiger partial charge in [-0.05, 0) is 47.1 Å². The Morgan fingerprint density at radius 3 is 2.79 bits per heavy atom. The fraction of sp³-hybridized carbons (Fsp3) is 0.385. The SMILES string of the molecule is C=C1CCC(C)(C)c2cc(Cl)ccc21. The Morgan fingerprint density at radius 1 is 1.36 bits per heavy atom. The van der Waals surface area contributed by atoms with E-state index in [9.17, 15) is 0 Å². The molecule has 0 heterocycles. The minimum Gasteiger partial charge on any atom is -0.0952 e. The molecule has 0 N–H and O–H groups in total. The van der Waals surface area contributed by atoms with Crippen LogP contribution in [0.1, 0.15) is 37.8 Å². The largest absolute Gasteiger partial charge is 0.0952 e. The molecule has 1 aromatic rings. The van der Waals surface area contributed by atoms with E-state index in [4.69, 9.17) is 11.6 Å². The Hall–Kier alpha value is -0.750. The van der Waals surface area contributed by atoms with Crippen molar-refractivity contribution in [3.63, 3.8) is 0 Å². The van der Waals surface area contributed by atoms with Crippen molar-refractivity contribution >= 4 is 17.2 Å². The van der Waals surface area contributed by atoms with Crippen LogP contribution in [0.4, 0.5) is 0 Å². The number of rotatable bonds is 0. The molecule has 0 saturated heterocycles. The van der Waals surface area contributed by atoms with Crippen molar-refractivity contribution in [3.8, 4) is 0 Å². The zero-order valence-corrected chi connectivity index (χ0v) is 9.49. The molecule has 0 unspecified atom stereocenters. The molecule has 74 valence electrons. The van der Waals surface area contributed by atoms with E-state index in [1.54, 1.807) is 0 Å². The van der Waals surface area contributed by atoms with Gasteiger partial charge < -0.3 is 0 Å². The summed E-state index contributed by atoms with van der Waals surface area (Å²) in [5.41, 5.74) is 4.13. The van der Waals surface area contributed by atoms with Crippen molar-refractivity contribution in [1.82, 2.24) is 0 Å². The lowest BCUT2D eigenvalue weighted by Crippen LogP contribution is -2.22. The second-order valence-electron chi connectivity index (χ2n) is 4.68. The fourth-order valence-corrected chi connectivity index (χ4v) is 2.29. The normalized spacial score (nSPS) is 19.2. The molecule has 0 saturated carbocycles. The summed E-state index contributed by atoms with van der Waals surface area (Å²) in [7, 11) is 0. The minimum atomic E-state index is 0.238. The highest BCUT2D eigenvalue weighted by Crippen LogP contribution is 2.42. The summed E-state index contributed by atoms with van der Waals surface area (Å²) in [4.78, 5) is 0. The van der Waals surface area contributed by atoms with Crippen molar-refractivity contribution in [3.05, 3.63) is 40.9 Å². The van der Waals surface area contributed by atoms with E-state index in [2.05, 4.69) is 32.6 Å². The van der Waals surface area contributed by atoms with Crippen molar-refractivity contribution in [2.24, 2.45) is 0 Å². The zero-order valence-electron chi connectivity index (χ0n) is 8.73. The average Bonchev–Trinajstić information content (AvgIpc) is 2.12. The smallest absolute Gasteiger partial charge is 0.0409 e. The average molecular weight is 207 g/mol. The highest BCUT2D eigenvalue weighted by Gasteiger charge is 2.28. The predicted octanol–water partition coefficient (Wildman–Crippen LogP) is 4.42. The van der Waals surface area contributed by atoms with Crippen molar-refractivity contribution < 1.29 is 0 Å². The van der Waals surface area contributed by atoms with Gasteiger partial charge in [0.25, 0.3) is 0 Å². The van der Waals surface area contributed by atoms with Gasteiger partial charge in [-0.25, -0.2) is 0 Å². The quantitative estimate of drug-likeness (QED) is 0.589. The van der Waals surface area contributed by atoms with Gasteiger partial charge in [-0.2, -0.15) is 0 Å². The third kappa shape index (κ3) is 1.48. The molecule has 0 radical (unpaired) electrons. The summed E-state index contributed by atoms with van der Waals surface area (Å²) in [5, 5.41) is 0.825. The highest BCUT2D eigenvalue weighted by atomic mass is 35.5. The van der Waals surface area contributed by atoms with Crippen LogP contribution in [0.25, 0.3) is 5.57 Å². The Morgan fingerprint density at radius 2 is 2.07 bits per heavy atom. The molecule has 1 aliphatic rings. The second kappa shape index (κ2) is 3.13. The molecule has 1 aromatic carbocycles. The molecule has 0 nitrogen and oxygen atoms in total. The Bertz CT molecular complexity index is 388. The molecule has 14 heavy (non-hydrogen) atoms. The summed E-state index contributed by atoms with van der Waals surface area (Å²) in [5.74, 6) is 0. The maximum atomic E-state index is 6.02. The van der Waals surface area contributed by atoms with Crippen molar-refractivity contribution in [2.75, 3.05) is 0 Å². The minimum absolute atomic E-state index is 0.238. The van der Waals surface area contributed by atoms with Crippen LogP contribution in [0.3, 0.4) is 0 Å². The highest BCUT2D eigenvalue weighted by molar-refractivity contribution is 6.30. The van der Waals surface area contributed by atoms with Crippen LogP contribution < -0.4 is 0 Å². The van der Waals surface area contributed by atoms with E-state index in [-0.39, 0.29) is 5.41 Å². The van der Waals surface area contributed by atoms with Gasteiger partial charge in [0, 0.05) is 5.02 Å². The van der Waals surface area contributed by atoms with Crippen LogP contribution >= 0.6 is 11.6 Å². The lowest BCUT2D eigenvalue weighted by atomic mass is 9.71. The standard InChI is InChI=1S/C13H15Cl/c1-9-6-7-13(2,3)12-8-10(14)4-5-11(9)12/h4-5,8H,1,6-7H2,2-3H3. The lowest BCUT2D eigenvalue weighted by molar-refractivity contribution is 0.475. The molecule has 0 spiro atoms. The van der Waals surface area contributed by atoms with E-state index in [1.807, 2.05) is 6.07 Å². The second-order valence-corrected chi connectivity index (χ2v) is 5.11. The van der Waals surface area contributed by atoms with Crippen LogP contribution in [0.2, 0.25) is 5.02 Å². The third-order valence-corrected chi connectivity index (χ3v) is 3.38. The number of hydrogen-bond donors (Lipinski definition) is 0. The van der Waals surface area contributed by atoms with E-state index in [0.717, 1.165) is 11.4 Å². The third-order valence-electron chi connectivity index (χ3n) is 3.14. The first-order valence-corrected chi connectivity index (χ1v) is 5.37. The van der Waals surface area contributed by atoms with Crippen molar-refractivity contribution in [1.29, 1.82) is 0 Å². The molecule has 0 bridgehead atoms. The van der Waals surface area contributed by atoms with E-state index in [1.165, 1.54) is 23.1 Å². The van der Waals surface area contributed by atoms with Gasteiger partial charge in [0.05, 0.1) is 0 Å². The number of halogens is 1. The number of benzene rings is 1. The summed E-state index contributed by atoms with van der Waals surface area (Å²) >= 11 is 6.02. The maximum Gasteiger partial charge on any atom is 0.0409 e. The number of allylic oxidation sites excluding steroid dienone is 1. The summed E-state index contributed by atoms with van der Waals surface area (Å²) in [6.07, 6.45) is 2.26. The van der Waals surface area contributed by atoms with Gasteiger partial charge in [0.1, 0.15) is 0 Å². The molecule has 0 aromatic heterocycles. The molecular weight excluding hydrogens is 192 g/mol. The van der Waals surface area contributed by atoms with Crippen LogP contribution in [-0.2, 0) is 5.41 Å². The van der Waals surface area contributed by atoms with Gasteiger partial charge in [-0.1, -0.05) is 38.1 Å². The first-order chi connectivity index (χ1) is 6.50. The molecule has 0 amide bonds. The molecule has 0 atom stereocenters. The van der Waals surface area contributed by atoms with E-state index in [0.29, 0.717) is 0 Å². The maximum absolute atomic E-state index is 6.02. The molecule has 2 rings (SSSR count). The lowest BCUT2D eigenvalue weighted by Gasteiger charge is -2.33. The molecular formula is C13H15Cl. The van der Waals surface area contributed by atoms with Crippen LogP contribution in [0.5, 0.6) is 0 Å². The Kier molecular flexibility index (Phi) is 2.19. The summed E-state index contributed by atoms with van der Waals surface area (Å²) < 4.78 is 0. The van der Waals surface area contributed by atoms with Gasteiger partial charge in [0.15, 0.2) is 0 Å². The molecule has 0 fully saturated rings. The van der Waals surface area contributed by atoms with Gasteiger partial charge in [-0.15, -0.1) is 0 Å². The topological polar surface area (TPSA) is 0 Å². The van der Waals surface area contributed by atoms with Crippen LogP contribution in [0.15, 0.2) is 24.8 Å². The Balaban J connectivity index is 2.64.